The topological polar surface area (TPSA) is 211 Å². The molecule has 4 N–H and O–H groups in total. The van der Waals surface area contributed by atoms with Crippen LogP contribution >= 0.6 is 0 Å². The van der Waals surface area contributed by atoms with E-state index in [0.29, 0.717) is 41.1 Å². The van der Waals surface area contributed by atoms with Crippen molar-refractivity contribution >= 4 is 41.4 Å². The van der Waals surface area contributed by atoms with E-state index in [4.69, 9.17) is 14.2 Å². The van der Waals surface area contributed by atoms with Crippen molar-refractivity contribution in [2.24, 2.45) is 46.8 Å². The van der Waals surface area contributed by atoms with Gasteiger partial charge < -0.3 is 34.6 Å². The van der Waals surface area contributed by atoms with Crippen LogP contribution in [0.25, 0.3) is 5.57 Å². The second-order valence-electron chi connectivity index (χ2n) is 20.0. The van der Waals surface area contributed by atoms with E-state index in [1.807, 2.05) is 18.2 Å². The molecular formula is C50H46O13. The minimum absolute atomic E-state index is 0.0152. The van der Waals surface area contributed by atoms with Gasteiger partial charge >= 0.3 is 35.8 Å². The van der Waals surface area contributed by atoms with Crippen LogP contribution in [-0.2, 0) is 19.7 Å². The van der Waals surface area contributed by atoms with E-state index in [1.54, 1.807) is 12.1 Å². The van der Waals surface area contributed by atoms with E-state index in [-0.39, 0.29) is 33.7 Å². The van der Waals surface area contributed by atoms with Crippen molar-refractivity contribution in [1.29, 1.82) is 0 Å². The molecule has 63 heavy (non-hydrogen) atoms. The summed E-state index contributed by atoms with van der Waals surface area (Å²) in [5, 5.41) is 39.7. The molecule has 1 aliphatic heterocycles. The molecular weight excluding hydrogens is 809 g/mol. The molecule has 9 aliphatic carbocycles. The van der Waals surface area contributed by atoms with E-state index >= 15 is 0 Å². The van der Waals surface area contributed by atoms with Crippen LogP contribution in [0.2, 0.25) is 0 Å². The van der Waals surface area contributed by atoms with Crippen LogP contribution in [0.4, 0.5) is 0 Å². The molecule has 2 unspecified atom stereocenters. The van der Waals surface area contributed by atoms with Crippen LogP contribution in [0.15, 0.2) is 72.3 Å². The van der Waals surface area contributed by atoms with E-state index in [0.717, 1.165) is 93.2 Å². The normalized spacial score (nSPS) is 34.2. The van der Waals surface area contributed by atoms with Crippen LogP contribution in [0, 0.1) is 46.8 Å². The highest BCUT2D eigenvalue weighted by Crippen LogP contribution is 2.66. The Morgan fingerprint density at radius 3 is 1.56 bits per heavy atom. The molecule has 13 nitrogen and oxygen atoms in total. The maximum absolute atomic E-state index is 14.8. The third kappa shape index (κ3) is 6.16. The second-order valence-corrected chi connectivity index (χ2v) is 20.0. The highest BCUT2D eigenvalue weighted by molar-refractivity contribution is 6.13. The molecule has 2 atom stereocenters. The van der Waals surface area contributed by atoms with Gasteiger partial charge in [-0.05, 0) is 183 Å². The first-order chi connectivity index (χ1) is 30.1. The Labute approximate surface area is 361 Å². The molecule has 0 amide bonds. The predicted molar refractivity (Wildman–Crippen MR) is 222 cm³/mol. The fraction of sp³-hybridized carbons (Fsp3) is 0.440. The van der Waals surface area contributed by atoms with Crippen molar-refractivity contribution in [3.8, 4) is 17.2 Å². The number of allylic oxidation sites excluding steroid dienone is 2. The SMILES string of the molecule is O=C(O)c1ccc(Oc2ccc(C34CC5CC(CC(C5)C3)C4)cc2C2=CC(C34CC5CC(CC(C5)C3)C4)=CC3C(=O)OC(=O)C23Oc2ccc(C(=O)O)c(C(=O)O)c2)cc1C(=O)O. The van der Waals surface area contributed by atoms with Gasteiger partial charge in [0, 0.05) is 11.1 Å². The Kier molecular flexibility index (Phi) is 8.72. The molecule has 10 aliphatic rings. The number of carboxylic acids is 4. The van der Waals surface area contributed by atoms with Crippen molar-refractivity contribution < 1.29 is 63.4 Å². The number of benzene rings is 3. The fourth-order valence-corrected chi connectivity index (χ4v) is 14.5. The fourth-order valence-electron chi connectivity index (χ4n) is 14.5. The maximum Gasteiger partial charge on any atom is 0.364 e. The molecule has 1 heterocycles. The van der Waals surface area contributed by atoms with Crippen LogP contribution in [0.3, 0.4) is 0 Å². The van der Waals surface area contributed by atoms with Crippen LogP contribution in [-0.4, -0.2) is 61.8 Å². The minimum Gasteiger partial charge on any atom is -0.478 e. The number of aromatic carboxylic acids is 4. The molecule has 3 aromatic rings. The first kappa shape index (κ1) is 39.6. The highest BCUT2D eigenvalue weighted by Gasteiger charge is 2.65. The first-order valence-corrected chi connectivity index (χ1v) is 22.1. The molecule has 0 aromatic heterocycles. The molecule has 0 radical (unpaired) electrons. The number of carbonyl (C=O) groups excluding carboxylic acids is 2. The third-order valence-corrected chi connectivity index (χ3v) is 16.2. The van der Waals surface area contributed by atoms with Crippen molar-refractivity contribution in [3.63, 3.8) is 0 Å². The van der Waals surface area contributed by atoms with Crippen molar-refractivity contribution in [2.45, 2.75) is 88.1 Å². The summed E-state index contributed by atoms with van der Waals surface area (Å²) in [6.45, 7) is 0. The summed E-state index contributed by atoms with van der Waals surface area (Å²) in [5.74, 6) is -5.78. The maximum atomic E-state index is 14.8. The van der Waals surface area contributed by atoms with Crippen LogP contribution in [0.5, 0.6) is 17.2 Å². The molecule has 0 spiro atoms. The number of rotatable bonds is 11. The monoisotopic (exact) mass is 854 g/mol. The van der Waals surface area contributed by atoms with Crippen LogP contribution in [0.1, 0.15) is 130 Å². The molecule has 324 valence electrons. The summed E-state index contributed by atoms with van der Waals surface area (Å²) in [4.78, 5) is 77.8. The van der Waals surface area contributed by atoms with Gasteiger partial charge in [0.05, 0.1) is 22.3 Å². The van der Waals surface area contributed by atoms with Crippen molar-refractivity contribution in [2.75, 3.05) is 0 Å². The Hall–Kier alpha value is -6.24. The van der Waals surface area contributed by atoms with E-state index < -0.39 is 69.6 Å². The smallest absolute Gasteiger partial charge is 0.364 e. The lowest BCUT2D eigenvalue weighted by molar-refractivity contribution is -0.155. The summed E-state index contributed by atoms with van der Waals surface area (Å²) in [5.41, 5.74) is -2.12. The number of hydrogen-bond acceptors (Lipinski definition) is 9. The van der Waals surface area contributed by atoms with Gasteiger partial charge in [-0.2, -0.15) is 0 Å². The minimum atomic E-state index is -2.24. The zero-order valence-electron chi connectivity index (χ0n) is 34.3. The summed E-state index contributed by atoms with van der Waals surface area (Å²) in [6.07, 6.45) is 16.5. The number of carbonyl (C=O) groups is 6. The number of hydrogen-bond donors (Lipinski definition) is 4. The van der Waals surface area contributed by atoms with E-state index in [2.05, 4.69) is 0 Å². The van der Waals surface area contributed by atoms with Gasteiger partial charge in [-0.25, -0.2) is 24.0 Å². The van der Waals surface area contributed by atoms with E-state index in [1.165, 1.54) is 31.4 Å². The lowest BCUT2D eigenvalue weighted by Crippen LogP contribution is -2.52. The van der Waals surface area contributed by atoms with Gasteiger partial charge in [0.2, 0.25) is 5.60 Å². The van der Waals surface area contributed by atoms with Crippen molar-refractivity contribution in [3.05, 3.63) is 106 Å². The zero-order valence-corrected chi connectivity index (χ0v) is 34.3. The lowest BCUT2D eigenvalue weighted by Gasteiger charge is -2.58. The molecule has 3 aromatic carbocycles. The molecule has 13 rings (SSSR count). The van der Waals surface area contributed by atoms with Gasteiger partial charge in [0.15, 0.2) is 0 Å². The predicted octanol–water partition coefficient (Wildman–Crippen LogP) is 8.80. The van der Waals surface area contributed by atoms with Crippen LogP contribution < -0.4 is 9.47 Å². The van der Waals surface area contributed by atoms with Gasteiger partial charge in [-0.3, -0.25) is 4.79 Å². The average molecular weight is 855 g/mol. The zero-order chi connectivity index (χ0) is 43.7. The molecule has 1 saturated heterocycles. The average Bonchev–Trinajstić information content (AvgIpc) is 3.47. The Morgan fingerprint density at radius 2 is 1.05 bits per heavy atom. The van der Waals surface area contributed by atoms with Gasteiger partial charge in [0.1, 0.15) is 23.2 Å². The molecule has 8 saturated carbocycles. The van der Waals surface area contributed by atoms with Gasteiger partial charge in [-0.15, -0.1) is 0 Å². The highest BCUT2D eigenvalue weighted by atomic mass is 16.6. The summed E-state index contributed by atoms with van der Waals surface area (Å²) in [6, 6.07) is 12.8. The summed E-state index contributed by atoms with van der Waals surface area (Å²) in [7, 11) is 0. The van der Waals surface area contributed by atoms with Crippen molar-refractivity contribution in [1.82, 2.24) is 0 Å². The number of fused-ring (bicyclic) bond motifs is 1. The third-order valence-electron chi connectivity index (χ3n) is 16.2. The largest absolute Gasteiger partial charge is 0.478 e. The number of carboxylic acid groups (broad SMARTS) is 4. The standard InChI is InChI=1S/C50H46O13/c51-42(52)34-4-2-32(16-36(34)44(55)56)61-41-6-1-30(48-18-24-7-25(19-48)9-26(8-24)20-48)13-38(41)39-14-31(49-21-27-10-28(22-49)12-29(11-27)23-49)15-40-46(59)62-47(60)50(39,40)63-33-3-5-35(43(53)54)37(17-33)45(57)58/h1-6,13-17,24-29,40H,7-12,18-23H2,(H,51,52)(H,53,54)(H,55,56)(H,57,58). The number of esters is 2. The summed E-state index contributed by atoms with van der Waals surface area (Å²) >= 11 is 0. The number of cyclic esters (lactones) is 2. The lowest BCUT2D eigenvalue weighted by atomic mass is 9.47. The molecule has 13 heteroatoms. The Morgan fingerprint density at radius 1 is 0.571 bits per heavy atom. The molecule has 9 fully saturated rings. The van der Waals surface area contributed by atoms with E-state index in [9.17, 15) is 49.2 Å². The second kappa shape index (κ2) is 13.9. The Balaban J connectivity index is 1.14. The number of ether oxygens (including phenoxy) is 3. The first-order valence-electron chi connectivity index (χ1n) is 22.1. The van der Waals surface area contributed by atoms with Gasteiger partial charge in [0.25, 0.3) is 0 Å². The summed E-state index contributed by atoms with van der Waals surface area (Å²) < 4.78 is 18.9. The van der Waals surface area contributed by atoms with Gasteiger partial charge in [-0.1, -0.05) is 18.2 Å². The quantitative estimate of drug-likeness (QED) is 0.105. The Bertz CT molecular complexity index is 2580. The molecule has 8 bridgehead atoms.